The molecule has 2 aliphatic heterocycles. The molecule has 3 heterocycles. The van der Waals surface area contributed by atoms with E-state index >= 15 is 0 Å². The van der Waals surface area contributed by atoms with Gasteiger partial charge in [-0.3, -0.25) is 14.7 Å². The van der Waals surface area contributed by atoms with Gasteiger partial charge < -0.3 is 9.80 Å². The molecule has 1 aromatic rings. The number of hydrogen-bond donors (Lipinski definition) is 0. The highest BCUT2D eigenvalue weighted by Gasteiger charge is 2.41. The Kier molecular flexibility index (Phi) is 4.40. The number of carbonyl (C=O) groups excluding carboxylic acids is 1. The second-order valence-electron chi connectivity index (χ2n) is 6.62. The average molecular weight is 303 g/mol. The largest absolute Gasteiger partial charge is 0.335 e. The number of rotatable bonds is 1. The quantitative estimate of drug-likeness (QED) is 0.765. The van der Waals surface area contributed by atoms with Crippen LogP contribution in [0.4, 0.5) is 0 Å². The number of piperidine rings is 1. The van der Waals surface area contributed by atoms with Crippen LogP contribution in [0.1, 0.15) is 29.8 Å². The first-order valence-electron chi connectivity index (χ1n) is 8.06. The van der Waals surface area contributed by atoms with Gasteiger partial charge in [0.25, 0.3) is 5.91 Å². The Balaban J connectivity index is 1.80. The number of likely N-dealkylation sites (N-methyl/N-ethyl adjacent to an activating group) is 1. The summed E-state index contributed by atoms with van der Waals surface area (Å²) in [4.78, 5) is 27.8. The van der Waals surface area contributed by atoms with E-state index in [-0.39, 0.29) is 11.4 Å². The fourth-order valence-electron chi connectivity index (χ4n) is 3.61. The van der Waals surface area contributed by atoms with Crippen LogP contribution in [0.5, 0.6) is 0 Å². The lowest BCUT2D eigenvalue weighted by atomic mass is 9.85. The van der Waals surface area contributed by atoms with Crippen LogP contribution < -0.4 is 0 Å². The predicted molar refractivity (Wildman–Crippen MR) is 84.6 cm³/mol. The molecule has 120 valence electrons. The molecule has 6 heteroatoms. The van der Waals surface area contributed by atoms with E-state index in [1.807, 2.05) is 4.90 Å². The van der Waals surface area contributed by atoms with Gasteiger partial charge in [-0.15, -0.1) is 0 Å². The minimum atomic E-state index is 0.0155. The lowest BCUT2D eigenvalue weighted by Gasteiger charge is -2.47. The van der Waals surface area contributed by atoms with Crippen molar-refractivity contribution in [1.82, 2.24) is 24.7 Å². The first-order valence-corrected chi connectivity index (χ1v) is 8.06. The third kappa shape index (κ3) is 2.98. The van der Waals surface area contributed by atoms with Crippen LogP contribution in [0.15, 0.2) is 18.6 Å². The molecule has 0 N–H and O–H groups in total. The highest BCUT2D eigenvalue weighted by molar-refractivity contribution is 5.92. The van der Waals surface area contributed by atoms with Crippen LogP contribution in [0, 0.1) is 0 Å². The maximum Gasteiger partial charge on any atom is 0.274 e. The van der Waals surface area contributed by atoms with Gasteiger partial charge in [0.2, 0.25) is 0 Å². The van der Waals surface area contributed by atoms with Crippen molar-refractivity contribution in [3.05, 3.63) is 24.3 Å². The number of hydrogen-bond acceptors (Lipinski definition) is 5. The Morgan fingerprint density at radius 2 is 1.91 bits per heavy atom. The second-order valence-corrected chi connectivity index (χ2v) is 6.62. The van der Waals surface area contributed by atoms with Crippen molar-refractivity contribution < 1.29 is 4.79 Å². The lowest BCUT2D eigenvalue weighted by molar-refractivity contribution is 0.0314. The van der Waals surface area contributed by atoms with Crippen LogP contribution >= 0.6 is 0 Å². The molecule has 0 aromatic carbocycles. The fraction of sp³-hybridized carbons (Fsp3) is 0.688. The third-order valence-corrected chi connectivity index (χ3v) is 5.20. The molecule has 0 atom stereocenters. The summed E-state index contributed by atoms with van der Waals surface area (Å²) in [5.74, 6) is 0.0155. The Labute approximate surface area is 132 Å². The summed E-state index contributed by atoms with van der Waals surface area (Å²) in [5, 5.41) is 0. The van der Waals surface area contributed by atoms with Crippen LogP contribution in [0.3, 0.4) is 0 Å². The van der Waals surface area contributed by atoms with E-state index in [1.54, 1.807) is 18.6 Å². The standard InChI is InChI=1S/C16H25N5O/c1-19-10-4-16(5-11-19)13-21(9-3-8-20(16)2)15(22)14-12-17-6-7-18-14/h6-7,12H,3-5,8-11,13H2,1-2H3. The van der Waals surface area contributed by atoms with Crippen LogP contribution in [-0.4, -0.2) is 82.9 Å². The molecule has 0 unspecified atom stereocenters. The first kappa shape index (κ1) is 15.4. The fourth-order valence-corrected chi connectivity index (χ4v) is 3.61. The molecular weight excluding hydrogens is 278 g/mol. The minimum Gasteiger partial charge on any atom is -0.335 e. The van der Waals surface area contributed by atoms with Gasteiger partial charge in [0.15, 0.2) is 0 Å². The van der Waals surface area contributed by atoms with Gasteiger partial charge in [-0.1, -0.05) is 0 Å². The van der Waals surface area contributed by atoms with Gasteiger partial charge in [0, 0.05) is 37.6 Å². The molecule has 1 aromatic heterocycles. The SMILES string of the molecule is CN1CCC2(CC1)CN(C(=O)c1cnccn1)CCCN2C. The van der Waals surface area contributed by atoms with Crippen LogP contribution in [-0.2, 0) is 0 Å². The van der Waals surface area contributed by atoms with Crippen LogP contribution in [0.2, 0.25) is 0 Å². The van der Waals surface area contributed by atoms with Crippen molar-refractivity contribution in [2.75, 3.05) is 46.8 Å². The van der Waals surface area contributed by atoms with Gasteiger partial charge in [-0.2, -0.15) is 0 Å². The zero-order chi connectivity index (χ0) is 15.6. The predicted octanol–water partition coefficient (Wildman–Crippen LogP) is 0.719. The molecule has 0 saturated carbocycles. The Morgan fingerprint density at radius 3 is 2.59 bits per heavy atom. The summed E-state index contributed by atoms with van der Waals surface area (Å²) in [6.45, 7) is 4.84. The number of carbonyl (C=O) groups is 1. The summed E-state index contributed by atoms with van der Waals surface area (Å²) in [6, 6.07) is 0. The van der Waals surface area contributed by atoms with Crippen molar-refractivity contribution >= 4 is 5.91 Å². The van der Waals surface area contributed by atoms with Crippen molar-refractivity contribution in [3.63, 3.8) is 0 Å². The molecule has 1 spiro atoms. The van der Waals surface area contributed by atoms with E-state index in [2.05, 4.69) is 33.9 Å². The number of amides is 1. The van der Waals surface area contributed by atoms with Gasteiger partial charge in [-0.25, -0.2) is 4.98 Å². The van der Waals surface area contributed by atoms with Crippen molar-refractivity contribution in [2.24, 2.45) is 0 Å². The Hall–Kier alpha value is -1.53. The van der Waals surface area contributed by atoms with E-state index < -0.39 is 0 Å². The molecule has 22 heavy (non-hydrogen) atoms. The van der Waals surface area contributed by atoms with Gasteiger partial charge in [-0.05, 0) is 46.4 Å². The van der Waals surface area contributed by atoms with E-state index in [0.717, 1.165) is 52.0 Å². The summed E-state index contributed by atoms with van der Waals surface area (Å²) in [7, 11) is 4.38. The highest BCUT2D eigenvalue weighted by Crippen LogP contribution is 2.31. The molecule has 2 aliphatic rings. The second kappa shape index (κ2) is 6.30. The molecular formula is C16H25N5O. The van der Waals surface area contributed by atoms with Crippen molar-refractivity contribution in [2.45, 2.75) is 24.8 Å². The topological polar surface area (TPSA) is 52.6 Å². The molecule has 1 amide bonds. The molecule has 0 radical (unpaired) electrons. The summed E-state index contributed by atoms with van der Waals surface area (Å²) in [6.07, 6.45) is 8.00. The lowest BCUT2D eigenvalue weighted by Crippen LogP contribution is -2.58. The monoisotopic (exact) mass is 303 g/mol. The molecule has 0 aliphatic carbocycles. The smallest absolute Gasteiger partial charge is 0.274 e. The maximum absolute atomic E-state index is 12.7. The third-order valence-electron chi connectivity index (χ3n) is 5.20. The summed E-state index contributed by atoms with van der Waals surface area (Å²) in [5.41, 5.74) is 0.566. The average Bonchev–Trinajstić information content (AvgIpc) is 2.71. The Morgan fingerprint density at radius 1 is 1.14 bits per heavy atom. The summed E-state index contributed by atoms with van der Waals surface area (Å²) < 4.78 is 0. The van der Waals surface area contributed by atoms with E-state index in [1.165, 1.54) is 0 Å². The molecule has 2 fully saturated rings. The van der Waals surface area contributed by atoms with E-state index in [4.69, 9.17) is 0 Å². The van der Waals surface area contributed by atoms with Gasteiger partial charge in [0.05, 0.1) is 6.20 Å². The van der Waals surface area contributed by atoms with Crippen molar-refractivity contribution in [3.8, 4) is 0 Å². The van der Waals surface area contributed by atoms with E-state index in [0.29, 0.717) is 5.69 Å². The van der Waals surface area contributed by atoms with E-state index in [9.17, 15) is 4.79 Å². The first-order chi connectivity index (χ1) is 10.6. The van der Waals surface area contributed by atoms with Crippen LogP contribution in [0.25, 0.3) is 0 Å². The Bertz CT molecular complexity index is 513. The minimum absolute atomic E-state index is 0.0155. The summed E-state index contributed by atoms with van der Waals surface area (Å²) >= 11 is 0. The zero-order valence-electron chi connectivity index (χ0n) is 13.5. The maximum atomic E-state index is 12.7. The molecule has 3 rings (SSSR count). The van der Waals surface area contributed by atoms with Gasteiger partial charge >= 0.3 is 0 Å². The number of likely N-dealkylation sites (tertiary alicyclic amines) is 1. The highest BCUT2D eigenvalue weighted by atomic mass is 16.2. The number of nitrogens with zero attached hydrogens (tertiary/aromatic N) is 5. The number of aromatic nitrogens is 2. The molecule has 2 saturated heterocycles. The normalized spacial score (nSPS) is 23.5. The van der Waals surface area contributed by atoms with Gasteiger partial charge in [0.1, 0.15) is 5.69 Å². The van der Waals surface area contributed by atoms with Crippen molar-refractivity contribution in [1.29, 1.82) is 0 Å². The molecule has 0 bridgehead atoms. The zero-order valence-corrected chi connectivity index (χ0v) is 13.5. The molecule has 6 nitrogen and oxygen atoms in total.